The first-order valence-corrected chi connectivity index (χ1v) is 7.17. The van der Waals surface area contributed by atoms with Gasteiger partial charge in [0, 0.05) is 38.9 Å². The molecule has 7 heteroatoms. The topological polar surface area (TPSA) is 31.4 Å². The van der Waals surface area contributed by atoms with Crippen LogP contribution < -0.4 is 10.2 Å². The van der Waals surface area contributed by atoms with E-state index in [9.17, 15) is 13.2 Å². The van der Waals surface area contributed by atoms with Gasteiger partial charge in [-0.1, -0.05) is 6.92 Å². The Morgan fingerprint density at radius 2 is 1.95 bits per heavy atom. The SMILES string of the molecule is CCNCc1ccncc1N1CCN(CC(F)(F)F)CC1. The number of nitrogens with one attached hydrogen (secondary N) is 1. The monoisotopic (exact) mass is 302 g/mol. The van der Waals surface area contributed by atoms with E-state index in [-0.39, 0.29) is 0 Å². The number of pyridine rings is 1. The summed E-state index contributed by atoms with van der Waals surface area (Å²) in [7, 11) is 0. The van der Waals surface area contributed by atoms with Crippen LogP contribution >= 0.6 is 0 Å². The van der Waals surface area contributed by atoms with Crippen molar-refractivity contribution in [1.82, 2.24) is 15.2 Å². The second kappa shape index (κ2) is 7.09. The predicted molar refractivity (Wildman–Crippen MR) is 76.3 cm³/mol. The van der Waals surface area contributed by atoms with Gasteiger partial charge in [0.05, 0.1) is 18.4 Å². The lowest BCUT2D eigenvalue weighted by Gasteiger charge is -2.37. The normalized spacial score (nSPS) is 17.2. The van der Waals surface area contributed by atoms with Gasteiger partial charge in [-0.3, -0.25) is 9.88 Å². The molecule has 2 rings (SSSR count). The van der Waals surface area contributed by atoms with Crippen molar-refractivity contribution in [1.29, 1.82) is 0 Å². The van der Waals surface area contributed by atoms with Crippen molar-refractivity contribution < 1.29 is 13.2 Å². The first kappa shape index (κ1) is 16.0. The van der Waals surface area contributed by atoms with Crippen molar-refractivity contribution in [3.05, 3.63) is 24.0 Å². The van der Waals surface area contributed by atoms with Gasteiger partial charge in [0.25, 0.3) is 0 Å². The highest BCUT2D eigenvalue weighted by atomic mass is 19.4. The van der Waals surface area contributed by atoms with Crippen LogP contribution in [0.2, 0.25) is 0 Å². The molecule has 1 aromatic heterocycles. The van der Waals surface area contributed by atoms with Gasteiger partial charge in [0.15, 0.2) is 0 Å². The molecule has 4 nitrogen and oxygen atoms in total. The Kier molecular flexibility index (Phi) is 5.41. The van der Waals surface area contributed by atoms with E-state index in [1.165, 1.54) is 4.90 Å². The highest BCUT2D eigenvalue weighted by Gasteiger charge is 2.32. The van der Waals surface area contributed by atoms with Crippen molar-refractivity contribution in [3.8, 4) is 0 Å². The summed E-state index contributed by atoms with van der Waals surface area (Å²) in [6.07, 6.45) is -0.575. The van der Waals surface area contributed by atoms with Crippen molar-refractivity contribution in [2.75, 3.05) is 44.2 Å². The summed E-state index contributed by atoms with van der Waals surface area (Å²) in [5, 5.41) is 3.27. The Morgan fingerprint density at radius 1 is 1.24 bits per heavy atom. The average molecular weight is 302 g/mol. The maximum Gasteiger partial charge on any atom is 0.401 e. The lowest BCUT2D eigenvalue weighted by Crippen LogP contribution is -2.49. The minimum Gasteiger partial charge on any atom is -0.367 e. The van der Waals surface area contributed by atoms with Crippen LogP contribution in [0.25, 0.3) is 0 Å². The number of aromatic nitrogens is 1. The second-order valence-corrected chi connectivity index (χ2v) is 5.16. The van der Waals surface area contributed by atoms with Gasteiger partial charge < -0.3 is 10.2 Å². The van der Waals surface area contributed by atoms with Gasteiger partial charge >= 0.3 is 6.18 Å². The summed E-state index contributed by atoms with van der Waals surface area (Å²) in [4.78, 5) is 7.72. The zero-order chi connectivity index (χ0) is 15.3. The van der Waals surface area contributed by atoms with Gasteiger partial charge in [-0.15, -0.1) is 0 Å². The molecule has 1 saturated heterocycles. The first-order valence-electron chi connectivity index (χ1n) is 7.17. The molecule has 0 unspecified atom stereocenters. The van der Waals surface area contributed by atoms with E-state index in [1.54, 1.807) is 12.4 Å². The van der Waals surface area contributed by atoms with Crippen LogP contribution in [0.1, 0.15) is 12.5 Å². The number of rotatable bonds is 5. The lowest BCUT2D eigenvalue weighted by atomic mass is 10.2. The number of hydrogen-bond acceptors (Lipinski definition) is 4. The summed E-state index contributed by atoms with van der Waals surface area (Å²) in [5.74, 6) is 0. The zero-order valence-corrected chi connectivity index (χ0v) is 12.2. The fourth-order valence-corrected chi connectivity index (χ4v) is 2.51. The molecule has 1 aromatic rings. The molecular weight excluding hydrogens is 281 g/mol. The fraction of sp³-hybridized carbons (Fsp3) is 0.643. The summed E-state index contributed by atoms with van der Waals surface area (Å²) in [6, 6.07) is 1.96. The lowest BCUT2D eigenvalue weighted by molar-refractivity contribution is -0.146. The molecule has 0 aromatic carbocycles. The minimum absolute atomic E-state index is 0.426. The van der Waals surface area contributed by atoms with Gasteiger partial charge in [0.2, 0.25) is 0 Å². The van der Waals surface area contributed by atoms with Gasteiger partial charge in [-0.05, 0) is 18.2 Å². The van der Waals surface area contributed by atoms with Gasteiger partial charge in [-0.2, -0.15) is 13.2 Å². The zero-order valence-electron chi connectivity index (χ0n) is 12.2. The second-order valence-electron chi connectivity index (χ2n) is 5.16. The molecule has 0 amide bonds. The molecule has 0 spiro atoms. The van der Waals surface area contributed by atoms with Crippen LogP contribution in [0.4, 0.5) is 18.9 Å². The van der Waals surface area contributed by atoms with Crippen molar-refractivity contribution in [2.45, 2.75) is 19.6 Å². The van der Waals surface area contributed by atoms with E-state index in [2.05, 4.69) is 15.2 Å². The molecule has 1 fully saturated rings. The van der Waals surface area contributed by atoms with Crippen molar-refractivity contribution in [2.24, 2.45) is 0 Å². The number of piperazine rings is 1. The Labute approximate surface area is 122 Å². The number of anilines is 1. The van der Waals surface area contributed by atoms with Crippen LogP contribution in [0, 0.1) is 0 Å². The maximum absolute atomic E-state index is 12.4. The Morgan fingerprint density at radius 3 is 2.57 bits per heavy atom. The van der Waals surface area contributed by atoms with Crippen LogP contribution in [0.15, 0.2) is 18.5 Å². The third-order valence-electron chi connectivity index (χ3n) is 3.57. The Bertz CT molecular complexity index is 442. The molecule has 0 saturated carbocycles. The van der Waals surface area contributed by atoms with Crippen LogP contribution in [0.5, 0.6) is 0 Å². The molecule has 1 aliphatic heterocycles. The van der Waals surface area contributed by atoms with Crippen LogP contribution in [-0.2, 0) is 6.54 Å². The molecule has 2 heterocycles. The Balaban J connectivity index is 1.96. The molecule has 0 bridgehead atoms. The number of nitrogens with zero attached hydrogens (tertiary/aromatic N) is 3. The molecule has 0 atom stereocenters. The van der Waals surface area contributed by atoms with E-state index in [4.69, 9.17) is 0 Å². The summed E-state index contributed by atoms with van der Waals surface area (Å²) >= 11 is 0. The van der Waals surface area contributed by atoms with E-state index in [1.807, 2.05) is 13.0 Å². The van der Waals surface area contributed by atoms with Crippen LogP contribution in [-0.4, -0.2) is 55.3 Å². The smallest absolute Gasteiger partial charge is 0.367 e. The van der Waals surface area contributed by atoms with Crippen molar-refractivity contribution >= 4 is 5.69 Å². The van der Waals surface area contributed by atoms with E-state index in [0.717, 1.165) is 24.3 Å². The standard InChI is InChI=1S/C14H21F3N4/c1-2-18-9-12-3-4-19-10-13(12)21-7-5-20(6-8-21)11-14(15,16)17/h3-4,10,18H,2,5-9,11H2,1H3. The first-order chi connectivity index (χ1) is 9.99. The highest BCUT2D eigenvalue weighted by molar-refractivity contribution is 5.52. The molecule has 0 radical (unpaired) electrons. The van der Waals surface area contributed by atoms with Gasteiger partial charge in [0.1, 0.15) is 0 Å². The number of alkyl halides is 3. The molecular formula is C14H21F3N4. The number of halogens is 3. The summed E-state index contributed by atoms with van der Waals surface area (Å²) < 4.78 is 37.2. The third-order valence-corrected chi connectivity index (χ3v) is 3.57. The summed E-state index contributed by atoms with van der Waals surface area (Å²) in [6.45, 7) is 4.89. The largest absolute Gasteiger partial charge is 0.401 e. The third kappa shape index (κ3) is 4.86. The fourth-order valence-electron chi connectivity index (χ4n) is 2.51. The Hall–Kier alpha value is -1.34. The van der Waals surface area contributed by atoms with E-state index in [0.29, 0.717) is 26.2 Å². The quantitative estimate of drug-likeness (QED) is 0.900. The maximum atomic E-state index is 12.4. The molecule has 1 aliphatic rings. The van der Waals surface area contributed by atoms with Crippen LogP contribution in [0.3, 0.4) is 0 Å². The number of hydrogen-bond donors (Lipinski definition) is 1. The van der Waals surface area contributed by atoms with Gasteiger partial charge in [-0.25, -0.2) is 0 Å². The molecule has 21 heavy (non-hydrogen) atoms. The minimum atomic E-state index is -4.12. The average Bonchev–Trinajstić information content (AvgIpc) is 2.45. The predicted octanol–water partition coefficient (Wildman–Crippen LogP) is 1.88. The molecule has 0 aliphatic carbocycles. The molecule has 1 N–H and O–H groups in total. The summed E-state index contributed by atoms with van der Waals surface area (Å²) in [5.41, 5.74) is 2.15. The highest BCUT2D eigenvalue weighted by Crippen LogP contribution is 2.22. The van der Waals surface area contributed by atoms with E-state index >= 15 is 0 Å². The van der Waals surface area contributed by atoms with E-state index < -0.39 is 12.7 Å². The van der Waals surface area contributed by atoms with Crippen molar-refractivity contribution in [3.63, 3.8) is 0 Å². The molecule has 118 valence electrons.